The summed E-state index contributed by atoms with van der Waals surface area (Å²) in [5.74, 6) is 3.11. The van der Waals surface area contributed by atoms with Crippen LogP contribution >= 0.6 is 12.2 Å². The van der Waals surface area contributed by atoms with E-state index in [1.165, 1.54) is 5.56 Å². The molecule has 1 N–H and O–H groups in total. The maximum atomic E-state index is 5.62. The molecule has 1 saturated heterocycles. The Balaban J connectivity index is 1.30. The van der Waals surface area contributed by atoms with Gasteiger partial charge in [0.2, 0.25) is 6.79 Å². The van der Waals surface area contributed by atoms with Crippen LogP contribution in [-0.4, -0.2) is 62.1 Å². The summed E-state index contributed by atoms with van der Waals surface area (Å²) >= 11 is 5.62. The Hall–Kier alpha value is -2.71. The van der Waals surface area contributed by atoms with Crippen LogP contribution < -0.4 is 24.3 Å². The zero-order valence-corrected chi connectivity index (χ0v) is 17.5. The second-order valence-corrected chi connectivity index (χ2v) is 7.37. The molecule has 0 saturated carbocycles. The molecule has 1 fully saturated rings. The summed E-state index contributed by atoms with van der Waals surface area (Å²) in [6, 6.07) is 11.8. The minimum absolute atomic E-state index is 0.307. The fourth-order valence-electron chi connectivity index (χ4n) is 3.49. The standard InChI is InChI=1S/C21H25N3O4S/c1-25-17-10-16(11-18(12-17)26-2)22-21(29)24-7-5-23(6-8-24)13-15-3-4-19-20(9-15)28-14-27-19/h3-4,9-12H,5-8,13-14H2,1-2H3,(H,22,29). The van der Waals surface area contributed by atoms with E-state index >= 15 is 0 Å². The molecule has 2 aromatic carbocycles. The van der Waals surface area contributed by atoms with E-state index in [-0.39, 0.29) is 0 Å². The van der Waals surface area contributed by atoms with Gasteiger partial charge in [-0.1, -0.05) is 6.07 Å². The highest BCUT2D eigenvalue weighted by Gasteiger charge is 2.20. The maximum absolute atomic E-state index is 5.62. The highest BCUT2D eigenvalue weighted by molar-refractivity contribution is 7.80. The van der Waals surface area contributed by atoms with Crippen LogP contribution in [0.2, 0.25) is 0 Å². The monoisotopic (exact) mass is 415 g/mol. The number of nitrogens with zero attached hydrogens (tertiary/aromatic N) is 2. The Morgan fingerprint density at radius 3 is 2.34 bits per heavy atom. The summed E-state index contributed by atoms with van der Waals surface area (Å²) in [4.78, 5) is 4.61. The number of anilines is 1. The summed E-state index contributed by atoms with van der Waals surface area (Å²) in [6.45, 7) is 4.82. The highest BCUT2D eigenvalue weighted by atomic mass is 32.1. The Morgan fingerprint density at radius 1 is 0.966 bits per heavy atom. The summed E-state index contributed by atoms with van der Waals surface area (Å²) < 4.78 is 21.5. The first kappa shape index (κ1) is 19.6. The number of benzene rings is 2. The predicted molar refractivity (Wildman–Crippen MR) is 115 cm³/mol. The highest BCUT2D eigenvalue weighted by Crippen LogP contribution is 2.33. The van der Waals surface area contributed by atoms with Crippen LogP contribution in [0.1, 0.15) is 5.56 Å². The van der Waals surface area contributed by atoms with E-state index in [9.17, 15) is 0 Å². The Labute approximate surface area is 176 Å². The van der Waals surface area contributed by atoms with Crippen molar-refractivity contribution in [3.05, 3.63) is 42.0 Å². The normalized spacial score (nSPS) is 15.9. The van der Waals surface area contributed by atoms with Gasteiger partial charge in [0.05, 0.1) is 14.2 Å². The van der Waals surface area contributed by atoms with Gasteiger partial charge in [-0.25, -0.2) is 0 Å². The largest absolute Gasteiger partial charge is 0.497 e. The van der Waals surface area contributed by atoms with Crippen molar-refractivity contribution in [2.24, 2.45) is 0 Å². The average molecular weight is 416 g/mol. The molecule has 0 amide bonds. The van der Waals surface area contributed by atoms with Crippen LogP contribution in [0.15, 0.2) is 36.4 Å². The van der Waals surface area contributed by atoms with E-state index in [0.29, 0.717) is 11.9 Å². The first-order valence-electron chi connectivity index (χ1n) is 9.54. The Bertz CT molecular complexity index is 862. The summed E-state index contributed by atoms with van der Waals surface area (Å²) in [7, 11) is 3.27. The topological polar surface area (TPSA) is 55.4 Å². The molecule has 0 bridgehead atoms. The zero-order valence-electron chi connectivity index (χ0n) is 16.6. The van der Waals surface area contributed by atoms with Crippen molar-refractivity contribution in [3.63, 3.8) is 0 Å². The first-order valence-corrected chi connectivity index (χ1v) is 9.95. The summed E-state index contributed by atoms with van der Waals surface area (Å²) in [5.41, 5.74) is 2.08. The molecule has 0 aromatic heterocycles. The molecular weight excluding hydrogens is 390 g/mol. The molecular formula is C21H25N3O4S. The molecule has 8 heteroatoms. The fourth-order valence-corrected chi connectivity index (χ4v) is 3.79. The van der Waals surface area contributed by atoms with E-state index in [1.807, 2.05) is 24.3 Å². The maximum Gasteiger partial charge on any atom is 0.231 e. The molecule has 0 spiro atoms. The van der Waals surface area contributed by atoms with Gasteiger partial charge in [-0.05, 0) is 29.9 Å². The van der Waals surface area contributed by atoms with Crippen LogP contribution in [0, 0.1) is 0 Å². The van der Waals surface area contributed by atoms with Crippen LogP contribution in [0.3, 0.4) is 0 Å². The molecule has 0 atom stereocenters. The van der Waals surface area contributed by atoms with E-state index < -0.39 is 0 Å². The van der Waals surface area contributed by atoms with Gasteiger partial charge in [-0.3, -0.25) is 4.90 Å². The third-order valence-corrected chi connectivity index (χ3v) is 5.47. The number of hydrogen-bond acceptors (Lipinski definition) is 6. The van der Waals surface area contributed by atoms with Gasteiger partial charge >= 0.3 is 0 Å². The lowest BCUT2D eigenvalue weighted by Crippen LogP contribution is -2.49. The fraction of sp³-hybridized carbons (Fsp3) is 0.381. The van der Waals surface area contributed by atoms with Crippen molar-refractivity contribution < 1.29 is 18.9 Å². The van der Waals surface area contributed by atoms with E-state index in [2.05, 4.69) is 27.2 Å². The van der Waals surface area contributed by atoms with Crippen molar-refractivity contribution >= 4 is 23.0 Å². The number of hydrogen-bond donors (Lipinski definition) is 1. The van der Waals surface area contributed by atoms with Gasteiger partial charge in [0, 0.05) is 56.6 Å². The van der Waals surface area contributed by atoms with Crippen molar-refractivity contribution in [2.75, 3.05) is 52.5 Å². The van der Waals surface area contributed by atoms with Gasteiger partial charge in [0.15, 0.2) is 16.6 Å². The molecule has 0 aliphatic carbocycles. The number of piperazine rings is 1. The number of rotatable bonds is 5. The van der Waals surface area contributed by atoms with Crippen LogP contribution in [0.4, 0.5) is 5.69 Å². The van der Waals surface area contributed by atoms with Gasteiger partial charge in [0.1, 0.15) is 11.5 Å². The van der Waals surface area contributed by atoms with E-state index in [1.54, 1.807) is 14.2 Å². The lowest BCUT2D eigenvalue weighted by Gasteiger charge is -2.36. The van der Waals surface area contributed by atoms with E-state index in [4.69, 9.17) is 31.2 Å². The third kappa shape index (κ3) is 4.65. The molecule has 0 radical (unpaired) electrons. The summed E-state index contributed by atoms with van der Waals surface area (Å²) in [6.07, 6.45) is 0. The first-order chi connectivity index (χ1) is 14.1. The van der Waals surface area contributed by atoms with Crippen molar-refractivity contribution in [1.82, 2.24) is 9.80 Å². The van der Waals surface area contributed by atoms with Crippen molar-refractivity contribution in [1.29, 1.82) is 0 Å². The van der Waals surface area contributed by atoms with Crippen LogP contribution in [-0.2, 0) is 6.54 Å². The minimum atomic E-state index is 0.307. The zero-order chi connectivity index (χ0) is 20.2. The lowest BCUT2D eigenvalue weighted by molar-refractivity contribution is 0.173. The van der Waals surface area contributed by atoms with Gasteiger partial charge in [0.25, 0.3) is 0 Å². The molecule has 154 valence electrons. The van der Waals surface area contributed by atoms with E-state index in [0.717, 1.165) is 61.4 Å². The van der Waals surface area contributed by atoms with Crippen LogP contribution in [0.5, 0.6) is 23.0 Å². The number of nitrogens with one attached hydrogen (secondary N) is 1. The lowest BCUT2D eigenvalue weighted by atomic mass is 10.1. The van der Waals surface area contributed by atoms with Crippen molar-refractivity contribution in [3.8, 4) is 23.0 Å². The van der Waals surface area contributed by atoms with Crippen LogP contribution in [0.25, 0.3) is 0 Å². The predicted octanol–water partition coefficient (Wildman–Crippen LogP) is 2.95. The quantitative estimate of drug-likeness (QED) is 0.749. The van der Waals surface area contributed by atoms with Gasteiger partial charge in [-0.15, -0.1) is 0 Å². The smallest absolute Gasteiger partial charge is 0.231 e. The number of fused-ring (bicyclic) bond motifs is 1. The Morgan fingerprint density at radius 2 is 1.66 bits per heavy atom. The Kier molecular flexibility index (Phi) is 5.92. The molecule has 2 aliphatic rings. The minimum Gasteiger partial charge on any atom is -0.497 e. The number of methoxy groups -OCH3 is 2. The third-order valence-electron chi connectivity index (χ3n) is 5.11. The molecule has 2 heterocycles. The SMILES string of the molecule is COc1cc(NC(=S)N2CCN(Cc3ccc4c(c3)OCO4)CC2)cc(OC)c1. The number of ether oxygens (including phenoxy) is 4. The second kappa shape index (κ2) is 8.75. The van der Waals surface area contributed by atoms with Gasteiger partial charge in [-0.2, -0.15) is 0 Å². The molecule has 4 rings (SSSR count). The molecule has 7 nitrogen and oxygen atoms in total. The number of thiocarbonyl (C=S) groups is 1. The van der Waals surface area contributed by atoms with Gasteiger partial charge < -0.3 is 29.2 Å². The molecule has 0 unspecified atom stereocenters. The average Bonchev–Trinajstić information content (AvgIpc) is 3.21. The summed E-state index contributed by atoms with van der Waals surface area (Å²) in [5, 5.41) is 4.01. The molecule has 2 aromatic rings. The van der Waals surface area contributed by atoms with Crippen molar-refractivity contribution in [2.45, 2.75) is 6.54 Å². The molecule has 2 aliphatic heterocycles. The molecule has 29 heavy (non-hydrogen) atoms. The second-order valence-electron chi connectivity index (χ2n) is 6.98.